The molecule has 0 bridgehead atoms. The topological polar surface area (TPSA) is 46.3 Å². The fraction of sp³-hybridized carbons (Fsp3) is 0.923. The molecular formula is C13H26N2O. The third kappa shape index (κ3) is 3.78. The van der Waals surface area contributed by atoms with Crippen molar-refractivity contribution >= 4 is 5.91 Å². The highest BCUT2D eigenvalue weighted by Gasteiger charge is 2.30. The van der Waals surface area contributed by atoms with Crippen LogP contribution in [0.25, 0.3) is 0 Å². The van der Waals surface area contributed by atoms with Gasteiger partial charge in [0.15, 0.2) is 0 Å². The molecule has 2 N–H and O–H groups in total. The Morgan fingerprint density at radius 2 is 1.69 bits per heavy atom. The number of amides is 1. The summed E-state index contributed by atoms with van der Waals surface area (Å²) in [6, 6.07) is 0.901. The predicted octanol–water partition coefficient (Wildman–Crippen LogP) is 2.30. The number of rotatable bonds is 6. The van der Waals surface area contributed by atoms with Crippen molar-refractivity contribution in [3.63, 3.8) is 0 Å². The molecule has 1 heterocycles. The highest BCUT2D eigenvalue weighted by atomic mass is 16.2. The van der Waals surface area contributed by atoms with E-state index >= 15 is 0 Å². The highest BCUT2D eigenvalue weighted by molar-refractivity contribution is 5.77. The van der Waals surface area contributed by atoms with E-state index in [9.17, 15) is 4.79 Å². The summed E-state index contributed by atoms with van der Waals surface area (Å²) in [6.07, 6.45) is 7.47. The Hall–Kier alpha value is -0.570. The number of carbonyl (C=O) groups is 1. The Morgan fingerprint density at radius 1 is 1.12 bits per heavy atom. The van der Waals surface area contributed by atoms with Crippen LogP contribution >= 0.6 is 0 Å². The Labute approximate surface area is 99.4 Å². The summed E-state index contributed by atoms with van der Waals surface area (Å²) < 4.78 is 0. The molecule has 1 saturated heterocycles. The Kier molecular flexibility index (Phi) is 5.81. The van der Waals surface area contributed by atoms with Gasteiger partial charge in [-0.2, -0.15) is 0 Å². The van der Waals surface area contributed by atoms with E-state index in [1.165, 1.54) is 12.8 Å². The quantitative estimate of drug-likeness (QED) is 0.706. The van der Waals surface area contributed by atoms with E-state index in [0.29, 0.717) is 18.0 Å². The lowest BCUT2D eigenvalue weighted by molar-refractivity contribution is -0.133. The number of carbonyl (C=O) groups excluding carboxylic acids is 1. The second kappa shape index (κ2) is 6.89. The summed E-state index contributed by atoms with van der Waals surface area (Å²) in [5.41, 5.74) is 5.43. The number of nitrogens with zero attached hydrogens (tertiary/aromatic N) is 1. The van der Waals surface area contributed by atoms with Crippen molar-refractivity contribution in [1.29, 1.82) is 0 Å². The number of nitrogens with two attached hydrogens (primary N) is 1. The Balaban J connectivity index is 2.19. The van der Waals surface area contributed by atoms with Gasteiger partial charge in [0.2, 0.25) is 5.91 Å². The summed E-state index contributed by atoms with van der Waals surface area (Å²) >= 11 is 0. The van der Waals surface area contributed by atoms with Crippen molar-refractivity contribution in [3.05, 3.63) is 0 Å². The number of hydrogen-bond donors (Lipinski definition) is 1. The molecule has 1 fully saturated rings. The van der Waals surface area contributed by atoms with Crippen molar-refractivity contribution in [3.8, 4) is 0 Å². The van der Waals surface area contributed by atoms with Gasteiger partial charge in [-0.15, -0.1) is 0 Å². The smallest absolute Gasteiger partial charge is 0.223 e. The molecule has 2 atom stereocenters. The molecule has 2 unspecified atom stereocenters. The van der Waals surface area contributed by atoms with Crippen LogP contribution < -0.4 is 5.73 Å². The van der Waals surface area contributed by atoms with Crippen LogP contribution in [-0.4, -0.2) is 29.4 Å². The van der Waals surface area contributed by atoms with Crippen LogP contribution in [0.4, 0.5) is 0 Å². The van der Waals surface area contributed by atoms with Gasteiger partial charge in [0.25, 0.3) is 0 Å². The molecule has 1 aliphatic rings. The molecule has 0 radical (unpaired) electrons. The molecule has 1 amide bonds. The Morgan fingerprint density at radius 3 is 2.25 bits per heavy atom. The van der Waals surface area contributed by atoms with Crippen LogP contribution in [0.2, 0.25) is 0 Å². The third-order valence-corrected chi connectivity index (χ3v) is 3.58. The molecule has 0 saturated carbocycles. The first kappa shape index (κ1) is 13.5. The lowest BCUT2D eigenvalue weighted by Crippen LogP contribution is -2.38. The fourth-order valence-electron chi connectivity index (χ4n) is 2.59. The summed E-state index contributed by atoms with van der Waals surface area (Å²) in [7, 11) is 0. The predicted molar refractivity (Wildman–Crippen MR) is 67.1 cm³/mol. The average molecular weight is 226 g/mol. The number of hydrogen-bond acceptors (Lipinski definition) is 2. The van der Waals surface area contributed by atoms with Crippen LogP contribution in [-0.2, 0) is 4.79 Å². The van der Waals surface area contributed by atoms with Crippen molar-refractivity contribution in [1.82, 2.24) is 4.90 Å². The molecule has 1 aliphatic heterocycles. The van der Waals surface area contributed by atoms with Gasteiger partial charge in [-0.25, -0.2) is 0 Å². The molecule has 0 aromatic carbocycles. The summed E-state index contributed by atoms with van der Waals surface area (Å²) in [5, 5.41) is 0. The van der Waals surface area contributed by atoms with E-state index in [0.717, 1.165) is 38.6 Å². The van der Waals surface area contributed by atoms with Gasteiger partial charge >= 0.3 is 0 Å². The highest BCUT2D eigenvalue weighted by Crippen LogP contribution is 2.24. The van der Waals surface area contributed by atoms with Crippen molar-refractivity contribution in [2.75, 3.05) is 6.54 Å². The molecule has 0 aromatic rings. The van der Waals surface area contributed by atoms with Crippen LogP contribution in [0.1, 0.15) is 58.8 Å². The maximum absolute atomic E-state index is 12.0. The number of likely N-dealkylation sites (tertiary alicyclic amines) is 1. The monoisotopic (exact) mass is 226 g/mol. The first-order valence-corrected chi connectivity index (χ1v) is 6.68. The zero-order chi connectivity index (χ0) is 12.0. The van der Waals surface area contributed by atoms with Gasteiger partial charge in [-0.3, -0.25) is 4.79 Å². The number of unbranched alkanes of at least 4 members (excludes halogenated alkanes) is 3. The first-order valence-electron chi connectivity index (χ1n) is 6.68. The molecule has 3 heteroatoms. The SMILES string of the molecule is CC1CCC(C)N1C(=O)CCCCCCN. The van der Waals surface area contributed by atoms with Gasteiger partial charge in [-0.1, -0.05) is 12.8 Å². The van der Waals surface area contributed by atoms with Gasteiger partial charge in [0.1, 0.15) is 0 Å². The fourth-order valence-corrected chi connectivity index (χ4v) is 2.59. The summed E-state index contributed by atoms with van der Waals surface area (Å²) in [4.78, 5) is 14.1. The van der Waals surface area contributed by atoms with E-state index in [4.69, 9.17) is 5.73 Å². The van der Waals surface area contributed by atoms with Gasteiger partial charge < -0.3 is 10.6 Å². The molecule has 0 spiro atoms. The van der Waals surface area contributed by atoms with Crippen molar-refractivity contribution in [2.24, 2.45) is 5.73 Å². The van der Waals surface area contributed by atoms with E-state index in [1.54, 1.807) is 0 Å². The largest absolute Gasteiger partial charge is 0.337 e. The lowest BCUT2D eigenvalue weighted by Gasteiger charge is -2.26. The molecule has 3 nitrogen and oxygen atoms in total. The summed E-state index contributed by atoms with van der Waals surface area (Å²) in [5.74, 6) is 0.352. The third-order valence-electron chi connectivity index (χ3n) is 3.58. The summed E-state index contributed by atoms with van der Waals surface area (Å²) in [6.45, 7) is 5.10. The molecule has 94 valence electrons. The normalized spacial score (nSPS) is 25.1. The van der Waals surface area contributed by atoms with Gasteiger partial charge in [0.05, 0.1) is 0 Å². The van der Waals surface area contributed by atoms with Gasteiger partial charge in [0, 0.05) is 18.5 Å². The van der Waals surface area contributed by atoms with Crippen LogP contribution in [0.3, 0.4) is 0 Å². The lowest BCUT2D eigenvalue weighted by atomic mass is 10.1. The van der Waals surface area contributed by atoms with E-state index < -0.39 is 0 Å². The standard InChI is InChI=1S/C13H26N2O/c1-11-8-9-12(2)15(11)13(16)7-5-3-4-6-10-14/h11-12H,3-10,14H2,1-2H3. The zero-order valence-electron chi connectivity index (χ0n) is 10.7. The second-order valence-corrected chi connectivity index (χ2v) is 5.03. The van der Waals surface area contributed by atoms with E-state index in [1.807, 2.05) is 0 Å². The molecule has 1 rings (SSSR count). The molecular weight excluding hydrogens is 200 g/mol. The Bertz CT molecular complexity index is 208. The average Bonchev–Trinajstić information content (AvgIpc) is 2.58. The maximum Gasteiger partial charge on any atom is 0.223 e. The van der Waals surface area contributed by atoms with E-state index in [-0.39, 0.29) is 0 Å². The van der Waals surface area contributed by atoms with Gasteiger partial charge in [-0.05, 0) is 46.1 Å². The minimum Gasteiger partial charge on any atom is -0.337 e. The van der Waals surface area contributed by atoms with Crippen LogP contribution in [0.5, 0.6) is 0 Å². The molecule has 16 heavy (non-hydrogen) atoms. The minimum absolute atomic E-state index is 0.352. The molecule has 0 aromatic heterocycles. The second-order valence-electron chi connectivity index (χ2n) is 5.03. The van der Waals surface area contributed by atoms with Crippen molar-refractivity contribution < 1.29 is 4.79 Å². The van der Waals surface area contributed by atoms with Crippen LogP contribution in [0.15, 0.2) is 0 Å². The van der Waals surface area contributed by atoms with Crippen molar-refractivity contribution in [2.45, 2.75) is 70.9 Å². The first-order chi connectivity index (χ1) is 7.66. The van der Waals surface area contributed by atoms with E-state index in [2.05, 4.69) is 18.7 Å². The van der Waals surface area contributed by atoms with Crippen LogP contribution in [0, 0.1) is 0 Å². The minimum atomic E-state index is 0.352. The zero-order valence-corrected chi connectivity index (χ0v) is 10.7. The maximum atomic E-state index is 12.0. The molecule has 0 aliphatic carbocycles.